The van der Waals surface area contributed by atoms with Gasteiger partial charge < -0.3 is 25.1 Å². The number of nitrogens with one attached hydrogen (secondary N) is 3. The molecule has 2 amide bonds. The molecule has 0 spiro atoms. The van der Waals surface area contributed by atoms with Gasteiger partial charge in [-0.15, -0.1) is 0 Å². The molecule has 8 nitrogen and oxygen atoms in total. The zero-order chi connectivity index (χ0) is 20.6. The minimum atomic E-state index is -1.09. The quantitative estimate of drug-likeness (QED) is 0.532. The van der Waals surface area contributed by atoms with Crippen molar-refractivity contribution in [3.8, 4) is 0 Å². The van der Waals surface area contributed by atoms with Gasteiger partial charge in [-0.05, 0) is 17.7 Å². The Morgan fingerprint density at radius 2 is 1.76 bits per heavy atom. The molecule has 8 heteroatoms. The van der Waals surface area contributed by atoms with Gasteiger partial charge in [0.1, 0.15) is 18.3 Å². The van der Waals surface area contributed by atoms with Gasteiger partial charge >= 0.3 is 12.1 Å². The summed E-state index contributed by atoms with van der Waals surface area (Å²) in [5, 5.41) is 5.92. The Morgan fingerprint density at radius 3 is 2.48 bits per heavy atom. The van der Waals surface area contributed by atoms with Gasteiger partial charge in [0.15, 0.2) is 0 Å². The molecule has 0 aliphatic heterocycles. The van der Waals surface area contributed by atoms with Gasteiger partial charge in [0.2, 0.25) is 0 Å². The third-order valence-electron chi connectivity index (χ3n) is 4.23. The lowest BCUT2D eigenvalue weighted by molar-refractivity contribution is -0.142. The van der Waals surface area contributed by atoms with Crippen molar-refractivity contribution in [3.63, 3.8) is 0 Å². The first kappa shape index (κ1) is 19.9. The molecule has 3 N–H and O–H groups in total. The van der Waals surface area contributed by atoms with Gasteiger partial charge in [-0.1, -0.05) is 48.5 Å². The normalized spacial score (nSPS) is 11.5. The Hall–Kier alpha value is -3.81. The van der Waals surface area contributed by atoms with Crippen LogP contribution < -0.4 is 10.6 Å². The molecular formula is C21H21N3O5. The summed E-state index contributed by atoms with van der Waals surface area (Å²) in [6.07, 6.45) is -0.788. The molecule has 0 saturated carbocycles. The molecule has 29 heavy (non-hydrogen) atoms. The third-order valence-corrected chi connectivity index (χ3v) is 4.23. The van der Waals surface area contributed by atoms with Crippen LogP contribution in [0.3, 0.4) is 0 Å². The van der Waals surface area contributed by atoms with Crippen LogP contribution >= 0.6 is 0 Å². The van der Waals surface area contributed by atoms with Crippen LogP contribution in [0.2, 0.25) is 0 Å². The molecule has 3 aromatic rings. The van der Waals surface area contributed by atoms with Crippen LogP contribution in [-0.2, 0) is 20.9 Å². The lowest BCUT2D eigenvalue weighted by Crippen LogP contribution is -2.49. The van der Waals surface area contributed by atoms with Crippen LogP contribution in [0, 0.1) is 0 Å². The summed E-state index contributed by atoms with van der Waals surface area (Å²) in [5.41, 5.74) is 1.98. The number of rotatable bonds is 7. The van der Waals surface area contributed by atoms with E-state index in [1.165, 1.54) is 7.11 Å². The molecule has 0 unspecified atom stereocenters. The molecule has 1 heterocycles. The van der Waals surface area contributed by atoms with Gasteiger partial charge in [0, 0.05) is 17.4 Å². The maximum Gasteiger partial charge on any atom is 0.408 e. The summed E-state index contributed by atoms with van der Waals surface area (Å²) in [5.74, 6) is -1.10. The Balaban J connectivity index is 1.56. The second kappa shape index (κ2) is 9.41. The Labute approximate surface area is 167 Å². The summed E-state index contributed by atoms with van der Waals surface area (Å²) < 4.78 is 9.80. The number of alkyl carbamates (subject to hydrolysis) is 1. The molecule has 150 valence electrons. The first-order valence-corrected chi connectivity index (χ1v) is 8.98. The fourth-order valence-electron chi connectivity index (χ4n) is 2.73. The summed E-state index contributed by atoms with van der Waals surface area (Å²) >= 11 is 0. The number of esters is 1. The number of amides is 2. The molecule has 0 radical (unpaired) electrons. The lowest BCUT2D eigenvalue weighted by atomic mass is 10.2. The van der Waals surface area contributed by atoms with Crippen LogP contribution in [0.4, 0.5) is 4.79 Å². The number of methoxy groups -OCH3 is 1. The maximum absolute atomic E-state index is 12.4. The highest BCUT2D eigenvalue weighted by Gasteiger charge is 2.23. The molecule has 3 rings (SSSR count). The van der Waals surface area contributed by atoms with E-state index in [0.29, 0.717) is 5.69 Å². The molecule has 0 saturated heterocycles. The average Bonchev–Trinajstić information content (AvgIpc) is 3.19. The number of aromatic amines is 1. The number of carbonyl (C=O) groups excluding carboxylic acids is 3. The molecule has 0 aliphatic rings. The lowest BCUT2D eigenvalue weighted by Gasteiger charge is -2.17. The van der Waals surface area contributed by atoms with Crippen molar-refractivity contribution < 1.29 is 23.9 Å². The summed E-state index contributed by atoms with van der Waals surface area (Å²) in [6, 6.07) is 17.2. The van der Waals surface area contributed by atoms with Gasteiger partial charge in [-0.25, -0.2) is 9.59 Å². The number of ether oxygens (including phenoxy) is 2. The Bertz CT molecular complexity index is 967. The smallest absolute Gasteiger partial charge is 0.408 e. The van der Waals surface area contributed by atoms with E-state index in [0.717, 1.165) is 16.5 Å². The molecule has 0 aliphatic carbocycles. The predicted octanol–water partition coefficient (Wildman–Crippen LogP) is 2.37. The fraction of sp³-hybridized carbons (Fsp3) is 0.190. The average molecular weight is 395 g/mol. The van der Waals surface area contributed by atoms with E-state index in [4.69, 9.17) is 9.47 Å². The van der Waals surface area contributed by atoms with Crippen molar-refractivity contribution >= 4 is 28.9 Å². The van der Waals surface area contributed by atoms with Gasteiger partial charge in [-0.3, -0.25) is 4.79 Å². The van der Waals surface area contributed by atoms with E-state index < -0.39 is 24.0 Å². The standard InChI is InChI=1S/C21H21N3O5/c1-28-20(26)18(24-21(27)29-13-14-7-3-2-4-8-14)12-22-19(25)17-11-15-9-5-6-10-16(15)23-17/h2-11,18,23H,12-13H2,1H3,(H,22,25)(H,24,27)/t18-/m1/s1. The Kier molecular flexibility index (Phi) is 6.47. The third kappa shape index (κ3) is 5.35. The zero-order valence-electron chi connectivity index (χ0n) is 15.8. The van der Waals surface area contributed by atoms with Crippen molar-refractivity contribution in [2.45, 2.75) is 12.6 Å². The van der Waals surface area contributed by atoms with Gasteiger partial charge in [-0.2, -0.15) is 0 Å². The van der Waals surface area contributed by atoms with Crippen LogP contribution in [0.25, 0.3) is 10.9 Å². The molecular weight excluding hydrogens is 374 g/mol. The molecule has 0 bridgehead atoms. The topological polar surface area (TPSA) is 110 Å². The van der Waals surface area contributed by atoms with E-state index >= 15 is 0 Å². The first-order chi connectivity index (χ1) is 14.1. The number of carbonyl (C=O) groups is 3. The molecule has 1 aromatic heterocycles. The monoisotopic (exact) mass is 395 g/mol. The highest BCUT2D eigenvalue weighted by Crippen LogP contribution is 2.14. The highest BCUT2D eigenvalue weighted by atomic mass is 16.6. The summed E-state index contributed by atoms with van der Waals surface area (Å²) in [7, 11) is 1.20. The number of hydrogen-bond donors (Lipinski definition) is 3. The predicted molar refractivity (Wildman–Crippen MR) is 106 cm³/mol. The number of aromatic nitrogens is 1. The van der Waals surface area contributed by atoms with Crippen molar-refractivity contribution in [1.82, 2.24) is 15.6 Å². The Morgan fingerprint density at radius 1 is 1.03 bits per heavy atom. The summed E-state index contributed by atoms with van der Waals surface area (Å²) in [6.45, 7) is -0.0939. The number of fused-ring (bicyclic) bond motifs is 1. The first-order valence-electron chi connectivity index (χ1n) is 8.98. The minimum Gasteiger partial charge on any atom is -0.467 e. The van der Waals surface area contributed by atoms with Gasteiger partial charge in [0.05, 0.1) is 7.11 Å². The fourth-order valence-corrected chi connectivity index (χ4v) is 2.73. The molecule has 1 atom stereocenters. The van der Waals surface area contributed by atoms with E-state index in [-0.39, 0.29) is 13.2 Å². The number of hydrogen-bond acceptors (Lipinski definition) is 5. The molecule has 2 aromatic carbocycles. The van der Waals surface area contributed by atoms with Gasteiger partial charge in [0.25, 0.3) is 5.91 Å². The molecule has 0 fully saturated rings. The van der Waals surface area contributed by atoms with E-state index in [2.05, 4.69) is 15.6 Å². The van der Waals surface area contributed by atoms with Crippen molar-refractivity contribution in [2.75, 3.05) is 13.7 Å². The van der Waals surface area contributed by atoms with Crippen LogP contribution in [0.15, 0.2) is 60.7 Å². The van der Waals surface area contributed by atoms with E-state index in [9.17, 15) is 14.4 Å². The van der Waals surface area contributed by atoms with E-state index in [1.807, 2.05) is 54.6 Å². The second-order valence-corrected chi connectivity index (χ2v) is 6.26. The number of H-pyrrole nitrogens is 1. The SMILES string of the molecule is COC(=O)[C@@H](CNC(=O)c1cc2ccccc2[nH]1)NC(=O)OCc1ccccc1. The maximum atomic E-state index is 12.4. The highest BCUT2D eigenvalue weighted by molar-refractivity contribution is 5.98. The van der Waals surface area contributed by atoms with Crippen molar-refractivity contribution in [1.29, 1.82) is 0 Å². The van der Waals surface area contributed by atoms with Crippen LogP contribution in [-0.4, -0.2) is 42.7 Å². The largest absolute Gasteiger partial charge is 0.467 e. The zero-order valence-corrected chi connectivity index (χ0v) is 15.8. The number of benzene rings is 2. The minimum absolute atomic E-state index is 0.0575. The number of para-hydroxylation sites is 1. The summed E-state index contributed by atoms with van der Waals surface area (Å²) in [4.78, 5) is 39.4. The van der Waals surface area contributed by atoms with Crippen molar-refractivity contribution in [3.05, 3.63) is 71.9 Å². The van der Waals surface area contributed by atoms with E-state index in [1.54, 1.807) is 6.07 Å². The van der Waals surface area contributed by atoms with Crippen LogP contribution in [0.5, 0.6) is 0 Å². The van der Waals surface area contributed by atoms with Crippen LogP contribution in [0.1, 0.15) is 16.1 Å². The second-order valence-electron chi connectivity index (χ2n) is 6.26. The van der Waals surface area contributed by atoms with Crippen molar-refractivity contribution in [2.24, 2.45) is 0 Å².